The Morgan fingerprint density at radius 3 is 2.69 bits per heavy atom. The van der Waals surface area contributed by atoms with Crippen LogP contribution in [0.4, 0.5) is 0 Å². The molecule has 1 rings (SSSR count). The van der Waals surface area contributed by atoms with E-state index in [4.69, 9.17) is 5.73 Å². The Bertz CT molecular complexity index is 317. The Labute approximate surface area is 98.2 Å². The van der Waals surface area contributed by atoms with Crippen LogP contribution in [-0.4, -0.2) is 22.4 Å². The van der Waals surface area contributed by atoms with Gasteiger partial charge < -0.3 is 11.1 Å². The van der Waals surface area contributed by atoms with Crippen molar-refractivity contribution < 1.29 is 0 Å². The number of nitrogens with zero attached hydrogens (tertiary/aromatic N) is 2. The van der Waals surface area contributed by atoms with Crippen LogP contribution in [0.5, 0.6) is 0 Å². The highest BCUT2D eigenvalue weighted by Crippen LogP contribution is 2.06. The SMILES string of the molecule is CCn1nc(C)cc1CNC(CN)C(C)C. The Balaban J connectivity index is 2.59. The molecule has 1 heterocycles. The molecule has 1 atom stereocenters. The van der Waals surface area contributed by atoms with Crippen LogP contribution in [-0.2, 0) is 13.1 Å². The van der Waals surface area contributed by atoms with E-state index in [1.54, 1.807) is 0 Å². The largest absolute Gasteiger partial charge is 0.329 e. The molecule has 92 valence electrons. The van der Waals surface area contributed by atoms with Crippen molar-refractivity contribution in [2.24, 2.45) is 11.7 Å². The van der Waals surface area contributed by atoms with E-state index in [0.717, 1.165) is 18.8 Å². The maximum atomic E-state index is 5.73. The predicted octanol–water partition coefficient (Wildman–Crippen LogP) is 1.28. The van der Waals surface area contributed by atoms with E-state index >= 15 is 0 Å². The topological polar surface area (TPSA) is 55.9 Å². The number of aromatic nitrogens is 2. The molecule has 0 aliphatic rings. The van der Waals surface area contributed by atoms with Gasteiger partial charge in [0.15, 0.2) is 0 Å². The fraction of sp³-hybridized carbons (Fsp3) is 0.750. The molecule has 0 amide bonds. The molecule has 1 aromatic rings. The molecule has 0 aromatic carbocycles. The van der Waals surface area contributed by atoms with E-state index in [9.17, 15) is 0 Å². The minimum atomic E-state index is 0.375. The van der Waals surface area contributed by atoms with Crippen LogP contribution >= 0.6 is 0 Å². The molecule has 0 aliphatic carbocycles. The Morgan fingerprint density at radius 2 is 2.19 bits per heavy atom. The number of rotatable bonds is 6. The summed E-state index contributed by atoms with van der Waals surface area (Å²) in [5.74, 6) is 0.559. The fourth-order valence-electron chi connectivity index (χ4n) is 1.84. The van der Waals surface area contributed by atoms with Crippen molar-refractivity contribution in [1.29, 1.82) is 0 Å². The number of aryl methyl sites for hydroxylation is 2. The quantitative estimate of drug-likeness (QED) is 0.765. The van der Waals surface area contributed by atoms with Crippen molar-refractivity contribution in [2.45, 2.75) is 46.8 Å². The summed E-state index contributed by atoms with van der Waals surface area (Å²) in [6.07, 6.45) is 0. The smallest absolute Gasteiger partial charge is 0.0597 e. The first-order valence-corrected chi connectivity index (χ1v) is 6.05. The van der Waals surface area contributed by atoms with Crippen LogP contribution in [0.3, 0.4) is 0 Å². The van der Waals surface area contributed by atoms with Gasteiger partial charge in [-0.3, -0.25) is 4.68 Å². The summed E-state index contributed by atoms with van der Waals surface area (Å²) in [4.78, 5) is 0. The third kappa shape index (κ3) is 3.32. The highest BCUT2D eigenvalue weighted by atomic mass is 15.3. The maximum absolute atomic E-state index is 5.73. The van der Waals surface area contributed by atoms with Crippen LogP contribution in [0.25, 0.3) is 0 Å². The molecule has 0 fully saturated rings. The summed E-state index contributed by atoms with van der Waals surface area (Å²) in [6.45, 7) is 10.9. The van der Waals surface area contributed by atoms with Gasteiger partial charge >= 0.3 is 0 Å². The molecule has 0 aliphatic heterocycles. The van der Waals surface area contributed by atoms with Crippen molar-refractivity contribution in [3.63, 3.8) is 0 Å². The summed E-state index contributed by atoms with van der Waals surface area (Å²) in [7, 11) is 0. The van der Waals surface area contributed by atoms with Crippen LogP contribution < -0.4 is 11.1 Å². The lowest BCUT2D eigenvalue weighted by atomic mass is 10.0. The molecule has 0 bridgehead atoms. The van der Waals surface area contributed by atoms with Gasteiger partial charge in [-0.05, 0) is 25.8 Å². The Kier molecular flexibility index (Phi) is 4.96. The lowest BCUT2D eigenvalue weighted by molar-refractivity contribution is 0.397. The van der Waals surface area contributed by atoms with Crippen molar-refractivity contribution in [3.05, 3.63) is 17.5 Å². The third-order valence-electron chi connectivity index (χ3n) is 2.89. The van der Waals surface area contributed by atoms with Crippen LogP contribution in [0, 0.1) is 12.8 Å². The first-order chi connectivity index (χ1) is 7.58. The zero-order valence-electron chi connectivity index (χ0n) is 10.8. The summed E-state index contributed by atoms with van der Waals surface area (Å²) in [5.41, 5.74) is 8.04. The molecule has 4 nitrogen and oxygen atoms in total. The Morgan fingerprint density at radius 1 is 1.50 bits per heavy atom. The normalized spacial score (nSPS) is 13.4. The lowest BCUT2D eigenvalue weighted by Gasteiger charge is -2.20. The highest BCUT2D eigenvalue weighted by Gasteiger charge is 2.11. The van der Waals surface area contributed by atoms with Crippen LogP contribution in [0.2, 0.25) is 0 Å². The number of nitrogens with two attached hydrogens (primary N) is 1. The fourth-order valence-corrected chi connectivity index (χ4v) is 1.84. The van der Waals surface area contributed by atoms with Gasteiger partial charge in [-0.1, -0.05) is 13.8 Å². The second-order valence-electron chi connectivity index (χ2n) is 4.56. The third-order valence-corrected chi connectivity index (χ3v) is 2.89. The second-order valence-corrected chi connectivity index (χ2v) is 4.56. The van der Waals surface area contributed by atoms with Crippen LogP contribution in [0.1, 0.15) is 32.2 Å². The van der Waals surface area contributed by atoms with Crippen molar-refractivity contribution >= 4 is 0 Å². The van der Waals surface area contributed by atoms with Gasteiger partial charge in [-0.2, -0.15) is 5.10 Å². The second kappa shape index (κ2) is 6.01. The number of nitrogens with one attached hydrogen (secondary N) is 1. The summed E-state index contributed by atoms with van der Waals surface area (Å²) in [6, 6.07) is 2.50. The van der Waals surface area contributed by atoms with Crippen LogP contribution in [0.15, 0.2) is 6.07 Å². The molecule has 1 aromatic heterocycles. The highest BCUT2D eigenvalue weighted by molar-refractivity contribution is 5.08. The summed E-state index contributed by atoms with van der Waals surface area (Å²) in [5, 5.41) is 7.91. The molecule has 0 radical (unpaired) electrons. The molecule has 1 unspecified atom stereocenters. The predicted molar refractivity (Wildman–Crippen MR) is 67.2 cm³/mol. The van der Waals surface area contributed by atoms with E-state index < -0.39 is 0 Å². The van der Waals surface area contributed by atoms with Gasteiger partial charge in [0.05, 0.1) is 11.4 Å². The van der Waals surface area contributed by atoms with Gasteiger partial charge in [0.25, 0.3) is 0 Å². The van der Waals surface area contributed by atoms with Crippen molar-refractivity contribution in [2.75, 3.05) is 6.54 Å². The molecule has 4 heteroatoms. The van der Waals surface area contributed by atoms with Gasteiger partial charge in [0, 0.05) is 25.7 Å². The lowest BCUT2D eigenvalue weighted by Crippen LogP contribution is -2.40. The Hall–Kier alpha value is -0.870. The zero-order chi connectivity index (χ0) is 12.1. The van der Waals surface area contributed by atoms with Crippen molar-refractivity contribution in [3.8, 4) is 0 Å². The van der Waals surface area contributed by atoms with E-state index in [2.05, 4.69) is 37.3 Å². The van der Waals surface area contributed by atoms with E-state index in [-0.39, 0.29) is 0 Å². The zero-order valence-corrected chi connectivity index (χ0v) is 10.8. The van der Waals surface area contributed by atoms with Crippen molar-refractivity contribution in [1.82, 2.24) is 15.1 Å². The monoisotopic (exact) mass is 224 g/mol. The molecular formula is C12H24N4. The van der Waals surface area contributed by atoms with Gasteiger partial charge in [-0.15, -0.1) is 0 Å². The minimum Gasteiger partial charge on any atom is -0.329 e. The minimum absolute atomic E-state index is 0.375. The summed E-state index contributed by atoms with van der Waals surface area (Å²) >= 11 is 0. The molecule has 3 N–H and O–H groups in total. The molecule has 0 spiro atoms. The van der Waals surface area contributed by atoms with Gasteiger partial charge in [0.2, 0.25) is 0 Å². The average Bonchev–Trinajstić information content (AvgIpc) is 2.59. The summed E-state index contributed by atoms with van der Waals surface area (Å²) < 4.78 is 2.04. The number of hydrogen-bond acceptors (Lipinski definition) is 3. The van der Waals surface area contributed by atoms with E-state index in [1.165, 1.54) is 5.69 Å². The maximum Gasteiger partial charge on any atom is 0.0597 e. The first kappa shape index (κ1) is 13.2. The first-order valence-electron chi connectivity index (χ1n) is 6.05. The number of hydrogen-bond donors (Lipinski definition) is 2. The standard InChI is InChI=1S/C12H24N4/c1-5-16-11(6-10(4)15-16)8-14-12(7-13)9(2)3/h6,9,12,14H,5,7-8,13H2,1-4H3. The molecule has 16 heavy (non-hydrogen) atoms. The molecule has 0 saturated heterocycles. The molecule has 0 saturated carbocycles. The molecular weight excluding hydrogens is 200 g/mol. The van der Waals surface area contributed by atoms with Gasteiger partial charge in [-0.25, -0.2) is 0 Å². The van der Waals surface area contributed by atoms with Gasteiger partial charge in [0.1, 0.15) is 0 Å². The average molecular weight is 224 g/mol. The van der Waals surface area contributed by atoms with E-state index in [1.807, 2.05) is 11.6 Å². The van der Waals surface area contributed by atoms with E-state index in [0.29, 0.717) is 18.5 Å².